The van der Waals surface area contributed by atoms with Crippen LogP contribution in [0.1, 0.15) is 5.56 Å². The van der Waals surface area contributed by atoms with E-state index in [1.54, 1.807) is 7.11 Å². The summed E-state index contributed by atoms with van der Waals surface area (Å²) in [5.74, 6) is 0.715. The van der Waals surface area contributed by atoms with Crippen molar-refractivity contribution in [1.29, 1.82) is 0 Å². The number of benzene rings is 1. The van der Waals surface area contributed by atoms with Crippen molar-refractivity contribution < 1.29 is 4.74 Å². The van der Waals surface area contributed by atoms with Crippen molar-refractivity contribution in [2.75, 3.05) is 7.11 Å². The molecule has 1 aromatic carbocycles. The van der Waals surface area contributed by atoms with E-state index in [4.69, 9.17) is 16.3 Å². The van der Waals surface area contributed by atoms with Crippen molar-refractivity contribution in [3.05, 3.63) is 27.2 Å². The summed E-state index contributed by atoms with van der Waals surface area (Å²) < 4.78 is 6.03. The molecule has 0 saturated heterocycles. The lowest BCUT2D eigenvalue weighted by molar-refractivity contribution is 0.414. The van der Waals surface area contributed by atoms with Crippen LogP contribution in [-0.4, -0.2) is 7.11 Å². The summed E-state index contributed by atoms with van der Waals surface area (Å²) >= 11 is 9.22. The van der Waals surface area contributed by atoms with Gasteiger partial charge in [-0.2, -0.15) is 0 Å². The van der Waals surface area contributed by atoms with Gasteiger partial charge < -0.3 is 4.74 Å². The molecule has 60 valence electrons. The van der Waals surface area contributed by atoms with E-state index in [1.165, 1.54) is 0 Å². The molecule has 0 fully saturated rings. The zero-order valence-corrected chi connectivity index (χ0v) is 8.66. The van der Waals surface area contributed by atoms with Crippen LogP contribution in [-0.2, 0) is 0 Å². The maximum absolute atomic E-state index is 5.85. The number of ether oxygens (including phenoxy) is 1. The molecule has 11 heavy (non-hydrogen) atoms. The molecule has 0 bridgehead atoms. The summed E-state index contributed by atoms with van der Waals surface area (Å²) in [5, 5.41) is 0.630. The van der Waals surface area contributed by atoms with Crippen LogP contribution in [0, 0.1) is 6.92 Å². The number of aryl methyl sites for hydroxylation is 1. The van der Waals surface area contributed by atoms with E-state index in [-0.39, 0.29) is 0 Å². The first-order valence-electron chi connectivity index (χ1n) is 3.15. The maximum Gasteiger partial charge on any atom is 0.137 e. The lowest BCUT2D eigenvalue weighted by Gasteiger charge is -2.04. The second kappa shape index (κ2) is 3.46. The molecule has 1 rings (SSSR count). The van der Waals surface area contributed by atoms with Gasteiger partial charge in [0.2, 0.25) is 0 Å². The van der Waals surface area contributed by atoms with Crippen molar-refractivity contribution in [2.45, 2.75) is 6.92 Å². The van der Waals surface area contributed by atoms with E-state index in [0.29, 0.717) is 10.8 Å². The number of methoxy groups -OCH3 is 1. The SMILES string of the molecule is COc1cc(C)c(Br)cc1Cl. The van der Waals surface area contributed by atoms with Crippen LogP contribution in [0.5, 0.6) is 5.75 Å². The molecule has 0 aliphatic heterocycles. The highest BCUT2D eigenvalue weighted by Crippen LogP contribution is 2.30. The first-order valence-corrected chi connectivity index (χ1v) is 4.32. The lowest BCUT2D eigenvalue weighted by Crippen LogP contribution is -1.85. The Morgan fingerprint density at radius 3 is 2.64 bits per heavy atom. The fraction of sp³-hybridized carbons (Fsp3) is 0.250. The molecule has 0 N–H and O–H groups in total. The molecule has 0 aliphatic rings. The number of rotatable bonds is 1. The average Bonchev–Trinajstić information content (AvgIpc) is 1.97. The molecular formula is C8H8BrClO. The van der Waals surface area contributed by atoms with Gasteiger partial charge in [0.1, 0.15) is 5.75 Å². The summed E-state index contributed by atoms with van der Waals surface area (Å²) in [4.78, 5) is 0. The molecule has 0 amide bonds. The third-order valence-corrected chi connectivity index (χ3v) is 2.58. The van der Waals surface area contributed by atoms with E-state index < -0.39 is 0 Å². The maximum atomic E-state index is 5.85. The van der Waals surface area contributed by atoms with Crippen LogP contribution in [0.2, 0.25) is 5.02 Å². The predicted molar refractivity (Wildman–Crippen MR) is 50.4 cm³/mol. The molecule has 0 heterocycles. The van der Waals surface area contributed by atoms with Crippen molar-refractivity contribution in [3.63, 3.8) is 0 Å². The van der Waals surface area contributed by atoms with Gasteiger partial charge in [0.25, 0.3) is 0 Å². The molecule has 3 heteroatoms. The summed E-state index contributed by atoms with van der Waals surface area (Å²) in [6, 6.07) is 3.72. The average molecular weight is 236 g/mol. The third kappa shape index (κ3) is 1.88. The highest BCUT2D eigenvalue weighted by Gasteiger charge is 2.02. The van der Waals surface area contributed by atoms with Crippen molar-refractivity contribution >= 4 is 27.5 Å². The first-order chi connectivity index (χ1) is 5.15. The normalized spacial score (nSPS) is 9.82. The Hall–Kier alpha value is -0.210. The smallest absolute Gasteiger partial charge is 0.137 e. The number of hydrogen-bond donors (Lipinski definition) is 0. The summed E-state index contributed by atoms with van der Waals surface area (Å²) in [6.45, 7) is 1.99. The standard InChI is InChI=1S/C8H8BrClO/c1-5-3-8(11-2)7(10)4-6(5)9/h3-4H,1-2H3. The van der Waals surface area contributed by atoms with Crippen LogP contribution < -0.4 is 4.74 Å². The third-order valence-electron chi connectivity index (χ3n) is 1.43. The summed E-state index contributed by atoms with van der Waals surface area (Å²) in [6.07, 6.45) is 0. The molecule has 1 nitrogen and oxygen atoms in total. The molecule has 0 unspecified atom stereocenters. The fourth-order valence-electron chi connectivity index (χ4n) is 0.787. The Morgan fingerprint density at radius 2 is 2.09 bits per heavy atom. The van der Waals surface area contributed by atoms with Crippen LogP contribution in [0.3, 0.4) is 0 Å². The van der Waals surface area contributed by atoms with Gasteiger partial charge in [0.05, 0.1) is 12.1 Å². The molecule has 0 atom stereocenters. The Bertz CT molecular complexity index is 273. The minimum atomic E-state index is 0.630. The number of hydrogen-bond acceptors (Lipinski definition) is 1. The topological polar surface area (TPSA) is 9.23 Å². The van der Waals surface area contributed by atoms with Crippen LogP contribution in [0.4, 0.5) is 0 Å². The second-order valence-corrected chi connectivity index (χ2v) is 3.50. The Kier molecular flexibility index (Phi) is 2.79. The lowest BCUT2D eigenvalue weighted by atomic mass is 10.2. The quantitative estimate of drug-likeness (QED) is 0.725. The van der Waals surface area contributed by atoms with Crippen molar-refractivity contribution in [1.82, 2.24) is 0 Å². The van der Waals surface area contributed by atoms with E-state index in [0.717, 1.165) is 10.0 Å². The van der Waals surface area contributed by atoms with Gasteiger partial charge >= 0.3 is 0 Å². The Balaban J connectivity index is 3.21. The van der Waals surface area contributed by atoms with Gasteiger partial charge in [-0.3, -0.25) is 0 Å². The minimum Gasteiger partial charge on any atom is -0.495 e. The van der Waals surface area contributed by atoms with Gasteiger partial charge in [0.15, 0.2) is 0 Å². The van der Waals surface area contributed by atoms with Gasteiger partial charge in [-0.1, -0.05) is 27.5 Å². The summed E-state index contributed by atoms with van der Waals surface area (Å²) in [7, 11) is 1.61. The van der Waals surface area contributed by atoms with Gasteiger partial charge in [-0.25, -0.2) is 0 Å². The molecule has 0 saturated carbocycles. The molecule has 0 radical (unpaired) electrons. The Morgan fingerprint density at radius 1 is 1.45 bits per heavy atom. The fourth-order valence-corrected chi connectivity index (χ4v) is 1.50. The van der Waals surface area contributed by atoms with Gasteiger partial charge in [-0.15, -0.1) is 0 Å². The molecular weight excluding hydrogens is 227 g/mol. The molecule has 0 aromatic heterocycles. The second-order valence-electron chi connectivity index (χ2n) is 2.24. The zero-order chi connectivity index (χ0) is 8.43. The predicted octanol–water partition coefficient (Wildman–Crippen LogP) is 3.42. The van der Waals surface area contributed by atoms with Crippen LogP contribution in [0.25, 0.3) is 0 Å². The van der Waals surface area contributed by atoms with E-state index in [1.807, 2.05) is 19.1 Å². The molecule has 1 aromatic rings. The highest BCUT2D eigenvalue weighted by atomic mass is 79.9. The Labute approximate surface area is 79.4 Å². The highest BCUT2D eigenvalue weighted by molar-refractivity contribution is 9.10. The molecule has 0 spiro atoms. The minimum absolute atomic E-state index is 0.630. The van der Waals surface area contributed by atoms with Crippen LogP contribution in [0.15, 0.2) is 16.6 Å². The summed E-state index contributed by atoms with van der Waals surface area (Å²) in [5.41, 5.74) is 1.12. The first kappa shape index (κ1) is 8.88. The van der Waals surface area contributed by atoms with E-state index in [9.17, 15) is 0 Å². The largest absolute Gasteiger partial charge is 0.495 e. The number of halogens is 2. The van der Waals surface area contributed by atoms with Crippen LogP contribution >= 0.6 is 27.5 Å². The van der Waals surface area contributed by atoms with E-state index in [2.05, 4.69) is 15.9 Å². The van der Waals surface area contributed by atoms with Gasteiger partial charge in [-0.05, 0) is 24.6 Å². The van der Waals surface area contributed by atoms with Gasteiger partial charge in [0, 0.05) is 4.47 Å². The van der Waals surface area contributed by atoms with Crippen molar-refractivity contribution in [3.8, 4) is 5.75 Å². The molecule has 0 aliphatic carbocycles. The monoisotopic (exact) mass is 234 g/mol. The zero-order valence-electron chi connectivity index (χ0n) is 6.32. The van der Waals surface area contributed by atoms with Crippen molar-refractivity contribution in [2.24, 2.45) is 0 Å². The van der Waals surface area contributed by atoms with E-state index >= 15 is 0 Å².